The Hall–Kier alpha value is -3.36. The van der Waals surface area contributed by atoms with Crippen LogP contribution in [0.5, 0.6) is 0 Å². The first-order chi connectivity index (χ1) is 19.7. The minimum absolute atomic E-state index is 0.106. The van der Waals surface area contributed by atoms with Crippen LogP contribution in [-0.2, 0) is 16.0 Å². The van der Waals surface area contributed by atoms with E-state index >= 15 is 0 Å². The standard InChI is InChI=1S/C26H37F2N5O5.CH3NO/c1-2-3-4-5-6-7-8-9-10-11-12-18-21(30-15-14-29-18)23(36)31-20-13-16-33(25(37)32-20)24-26(27,28)22(35)19(17-34)38-24;2-1-3/h13-16,19,22,24,34-35H,2-12,17H2,1H3,(H,31,32,36,37);1H,(H2,2,3)/t19-,22-,24-;/m1./s1. The van der Waals surface area contributed by atoms with Crippen molar-refractivity contribution < 1.29 is 33.3 Å². The van der Waals surface area contributed by atoms with E-state index in [2.05, 4.69) is 32.9 Å². The lowest BCUT2D eigenvalue weighted by atomic mass is 10.0. The minimum Gasteiger partial charge on any atom is -0.394 e. The van der Waals surface area contributed by atoms with Crippen molar-refractivity contribution in [1.29, 1.82) is 0 Å². The molecule has 0 radical (unpaired) electrons. The Balaban J connectivity index is 0.00000187. The van der Waals surface area contributed by atoms with Crippen LogP contribution in [0.25, 0.3) is 0 Å². The van der Waals surface area contributed by atoms with Gasteiger partial charge in [0.15, 0.2) is 6.10 Å². The summed E-state index contributed by atoms with van der Waals surface area (Å²) in [7, 11) is 0. The molecule has 3 atom stereocenters. The van der Waals surface area contributed by atoms with E-state index in [0.29, 0.717) is 16.7 Å². The van der Waals surface area contributed by atoms with Crippen molar-refractivity contribution in [3.05, 3.63) is 46.5 Å². The number of aliphatic hydroxyl groups is 2. The van der Waals surface area contributed by atoms with Crippen molar-refractivity contribution in [2.45, 2.75) is 102 Å². The Kier molecular flexibility index (Phi) is 14.4. The molecular formula is C27H40F2N6O6. The largest absolute Gasteiger partial charge is 0.394 e. The van der Waals surface area contributed by atoms with Gasteiger partial charge in [0.2, 0.25) is 12.6 Å². The van der Waals surface area contributed by atoms with Crippen LogP contribution in [0.15, 0.2) is 29.5 Å². The van der Waals surface area contributed by atoms with Crippen molar-refractivity contribution >= 4 is 18.1 Å². The molecule has 3 rings (SSSR count). The Morgan fingerprint density at radius 2 is 1.71 bits per heavy atom. The molecule has 12 nitrogen and oxygen atoms in total. The predicted molar refractivity (Wildman–Crippen MR) is 146 cm³/mol. The van der Waals surface area contributed by atoms with E-state index in [9.17, 15) is 23.5 Å². The summed E-state index contributed by atoms with van der Waals surface area (Å²) in [5, 5.41) is 21.3. The van der Waals surface area contributed by atoms with Gasteiger partial charge in [0.25, 0.3) is 5.91 Å². The predicted octanol–water partition coefficient (Wildman–Crippen LogP) is 2.74. The van der Waals surface area contributed by atoms with Gasteiger partial charge >= 0.3 is 11.6 Å². The van der Waals surface area contributed by atoms with Crippen LogP contribution < -0.4 is 16.7 Å². The van der Waals surface area contributed by atoms with Gasteiger partial charge in [-0.25, -0.2) is 9.78 Å². The number of rotatable bonds is 15. The van der Waals surface area contributed by atoms with Crippen molar-refractivity contribution in [2.75, 3.05) is 11.9 Å². The molecule has 1 aliphatic rings. The third kappa shape index (κ3) is 9.90. The fourth-order valence-electron chi connectivity index (χ4n) is 4.47. The second-order valence-electron chi connectivity index (χ2n) is 9.71. The van der Waals surface area contributed by atoms with Crippen LogP contribution in [0.1, 0.15) is 93.5 Å². The summed E-state index contributed by atoms with van der Waals surface area (Å²) < 4.78 is 34.2. The molecule has 14 heteroatoms. The molecule has 0 aliphatic carbocycles. The molecule has 0 spiro atoms. The quantitative estimate of drug-likeness (QED) is 0.181. The van der Waals surface area contributed by atoms with Gasteiger partial charge in [0, 0.05) is 18.6 Å². The lowest BCUT2D eigenvalue weighted by molar-refractivity contribution is -0.140. The number of halogens is 2. The fraction of sp³-hybridized carbons (Fsp3) is 0.630. The normalized spacial score (nSPS) is 19.3. The van der Waals surface area contributed by atoms with E-state index in [1.165, 1.54) is 57.3 Å². The molecule has 41 heavy (non-hydrogen) atoms. The summed E-state index contributed by atoms with van der Waals surface area (Å²) in [5.74, 6) is -4.61. The van der Waals surface area contributed by atoms with Crippen LogP contribution in [-0.4, -0.2) is 66.8 Å². The second kappa shape index (κ2) is 17.5. The van der Waals surface area contributed by atoms with Crippen LogP contribution in [0.3, 0.4) is 0 Å². The first-order valence-electron chi connectivity index (χ1n) is 13.9. The number of unbranched alkanes of at least 4 members (excludes halogenated alkanes) is 9. The number of nitrogens with one attached hydrogen (secondary N) is 1. The van der Waals surface area contributed by atoms with E-state index < -0.39 is 42.6 Å². The van der Waals surface area contributed by atoms with Crippen molar-refractivity contribution in [2.24, 2.45) is 5.73 Å². The molecule has 5 N–H and O–H groups in total. The topological polar surface area (TPSA) is 183 Å². The summed E-state index contributed by atoms with van der Waals surface area (Å²) in [5.41, 5.74) is 3.68. The average molecular weight is 583 g/mol. The lowest BCUT2D eigenvalue weighted by Crippen LogP contribution is -2.41. The van der Waals surface area contributed by atoms with Gasteiger partial charge in [-0.1, -0.05) is 64.7 Å². The number of carbonyl (C=O) groups is 2. The Morgan fingerprint density at radius 1 is 1.12 bits per heavy atom. The number of aliphatic hydroxyl groups excluding tert-OH is 2. The summed E-state index contributed by atoms with van der Waals surface area (Å²) in [6.07, 6.45) is 10.6. The Morgan fingerprint density at radius 3 is 2.27 bits per heavy atom. The summed E-state index contributed by atoms with van der Waals surface area (Å²) in [6.45, 7) is 1.37. The summed E-state index contributed by atoms with van der Waals surface area (Å²) in [4.78, 5) is 45.9. The zero-order valence-electron chi connectivity index (χ0n) is 23.3. The maximum atomic E-state index is 14.4. The average Bonchev–Trinajstić information content (AvgIpc) is 3.18. The summed E-state index contributed by atoms with van der Waals surface area (Å²) in [6, 6.07) is 1.16. The minimum atomic E-state index is -3.83. The maximum Gasteiger partial charge on any atom is 0.351 e. The molecule has 0 saturated carbocycles. The smallest absolute Gasteiger partial charge is 0.351 e. The number of hydrogen-bond acceptors (Lipinski definition) is 9. The van der Waals surface area contributed by atoms with Gasteiger partial charge in [0.1, 0.15) is 17.6 Å². The number of hydrogen-bond donors (Lipinski definition) is 4. The molecule has 3 heterocycles. The van der Waals surface area contributed by atoms with Crippen molar-refractivity contribution in [3.63, 3.8) is 0 Å². The highest BCUT2D eigenvalue weighted by molar-refractivity contribution is 6.03. The molecule has 1 saturated heterocycles. The number of anilines is 1. The van der Waals surface area contributed by atoms with Gasteiger partial charge in [-0.05, 0) is 18.9 Å². The van der Waals surface area contributed by atoms with Crippen LogP contribution in [0, 0.1) is 0 Å². The molecule has 0 aromatic carbocycles. The molecule has 2 aromatic heterocycles. The van der Waals surface area contributed by atoms with Gasteiger partial charge in [0.05, 0.1) is 12.3 Å². The molecule has 2 aromatic rings. The molecule has 1 fully saturated rings. The van der Waals surface area contributed by atoms with E-state index in [1.807, 2.05) is 0 Å². The number of aryl methyl sites for hydroxylation is 1. The highest BCUT2D eigenvalue weighted by Gasteiger charge is 2.59. The van der Waals surface area contributed by atoms with E-state index in [1.54, 1.807) is 0 Å². The number of aromatic nitrogens is 4. The highest BCUT2D eigenvalue weighted by atomic mass is 19.3. The van der Waals surface area contributed by atoms with Crippen LogP contribution in [0.2, 0.25) is 0 Å². The molecule has 228 valence electrons. The first kappa shape index (κ1) is 33.8. The number of nitrogens with zero attached hydrogens (tertiary/aromatic N) is 4. The van der Waals surface area contributed by atoms with Crippen LogP contribution >= 0.6 is 0 Å². The van der Waals surface area contributed by atoms with Gasteiger partial charge in [-0.3, -0.25) is 19.1 Å². The zero-order chi connectivity index (χ0) is 30.3. The van der Waals surface area contributed by atoms with Crippen molar-refractivity contribution in [3.8, 4) is 0 Å². The number of ether oxygens (including phenoxy) is 1. The number of amides is 2. The molecule has 2 amide bonds. The van der Waals surface area contributed by atoms with E-state index in [-0.39, 0.29) is 17.9 Å². The van der Waals surface area contributed by atoms with Crippen molar-refractivity contribution in [1.82, 2.24) is 19.5 Å². The number of carbonyl (C=O) groups excluding carboxylic acids is 2. The second-order valence-corrected chi connectivity index (χ2v) is 9.71. The SMILES string of the molecule is CCCCCCCCCCCCc1nccnc1C(=O)Nc1ccn([C@@H]2O[C@H](CO)[C@@H](O)C2(F)F)c(=O)n1.NC=O. The summed E-state index contributed by atoms with van der Waals surface area (Å²) >= 11 is 0. The zero-order valence-corrected chi connectivity index (χ0v) is 23.3. The Labute approximate surface area is 237 Å². The van der Waals surface area contributed by atoms with Gasteiger partial charge < -0.3 is 26.0 Å². The third-order valence-corrected chi connectivity index (χ3v) is 6.64. The highest BCUT2D eigenvalue weighted by Crippen LogP contribution is 2.42. The fourth-order valence-corrected chi connectivity index (χ4v) is 4.47. The van der Waals surface area contributed by atoms with Gasteiger partial charge in [-0.2, -0.15) is 13.8 Å². The van der Waals surface area contributed by atoms with E-state index in [4.69, 9.17) is 14.6 Å². The lowest BCUT2D eigenvalue weighted by Gasteiger charge is -2.21. The molecule has 1 aliphatic heterocycles. The molecule has 0 unspecified atom stereocenters. The Bertz CT molecular complexity index is 1150. The van der Waals surface area contributed by atoms with Crippen LogP contribution in [0.4, 0.5) is 14.6 Å². The third-order valence-electron chi connectivity index (χ3n) is 6.64. The monoisotopic (exact) mass is 582 g/mol. The molecule has 0 bridgehead atoms. The first-order valence-corrected chi connectivity index (χ1v) is 13.9. The maximum absolute atomic E-state index is 14.4. The number of alkyl halides is 2. The number of nitrogens with two attached hydrogens (primary N) is 1. The number of primary amides is 1. The molecular weight excluding hydrogens is 542 g/mol. The van der Waals surface area contributed by atoms with E-state index in [0.717, 1.165) is 31.5 Å². The van der Waals surface area contributed by atoms with Gasteiger partial charge in [-0.15, -0.1) is 0 Å².